The summed E-state index contributed by atoms with van der Waals surface area (Å²) in [6, 6.07) is 0. The number of carboxylic acid groups (broad SMARTS) is 1. The van der Waals surface area contributed by atoms with Gasteiger partial charge in [0.05, 0.1) is 0 Å². The van der Waals surface area contributed by atoms with E-state index in [-0.39, 0.29) is 23.1 Å². The Bertz CT molecular complexity index is 451. The third-order valence-electron chi connectivity index (χ3n) is 5.50. The summed E-state index contributed by atoms with van der Waals surface area (Å²) < 4.78 is 5.48. The third kappa shape index (κ3) is 3.20. The van der Waals surface area contributed by atoms with E-state index < -0.39 is 5.97 Å². The van der Waals surface area contributed by atoms with Crippen LogP contribution in [-0.2, 0) is 14.3 Å². The highest BCUT2D eigenvalue weighted by atomic mass is 16.5. The summed E-state index contributed by atoms with van der Waals surface area (Å²) in [7, 11) is 0. The second-order valence-electron chi connectivity index (χ2n) is 6.83. The average Bonchev–Trinajstić information content (AvgIpc) is 2.72. The highest BCUT2D eigenvalue weighted by molar-refractivity contribution is 5.84. The predicted octanol–water partition coefficient (Wildman–Crippen LogP) is 3.58. The molecule has 2 fully saturated rings. The Kier molecular flexibility index (Phi) is 5.03. The van der Waals surface area contributed by atoms with Gasteiger partial charge in [-0.2, -0.15) is 0 Å². The van der Waals surface area contributed by atoms with Gasteiger partial charge in [-0.1, -0.05) is 33.9 Å². The zero-order valence-electron chi connectivity index (χ0n) is 13.4. The van der Waals surface area contributed by atoms with Crippen LogP contribution in [-0.4, -0.2) is 23.1 Å². The quantitative estimate of drug-likeness (QED) is 0.638. The minimum Gasteiger partial charge on any atom is -0.478 e. The fourth-order valence-corrected chi connectivity index (χ4v) is 3.50. The smallest absolute Gasteiger partial charge is 0.330 e. The molecule has 21 heavy (non-hydrogen) atoms. The number of ether oxygens (including phenoxy) is 1. The van der Waals surface area contributed by atoms with Gasteiger partial charge in [0.2, 0.25) is 0 Å². The van der Waals surface area contributed by atoms with E-state index in [1.807, 2.05) is 0 Å². The van der Waals surface area contributed by atoms with Gasteiger partial charge in [0.25, 0.3) is 0 Å². The van der Waals surface area contributed by atoms with Crippen molar-refractivity contribution >= 4 is 11.9 Å². The molecule has 0 unspecified atom stereocenters. The summed E-state index contributed by atoms with van der Waals surface area (Å²) in [6.07, 6.45) is 4.85. The van der Waals surface area contributed by atoms with Crippen LogP contribution in [0.1, 0.15) is 47.0 Å². The van der Waals surface area contributed by atoms with Crippen molar-refractivity contribution in [1.29, 1.82) is 0 Å². The zero-order valence-corrected chi connectivity index (χ0v) is 13.4. The van der Waals surface area contributed by atoms with Crippen LogP contribution in [0, 0.1) is 16.7 Å². The molecule has 3 atom stereocenters. The Labute approximate surface area is 126 Å². The van der Waals surface area contributed by atoms with E-state index in [4.69, 9.17) is 9.84 Å². The lowest BCUT2D eigenvalue weighted by atomic mass is 9.70. The lowest BCUT2D eigenvalue weighted by Crippen LogP contribution is -2.38. The monoisotopic (exact) mass is 294 g/mol. The van der Waals surface area contributed by atoms with E-state index in [0.29, 0.717) is 11.3 Å². The molecule has 0 heterocycles. The lowest BCUT2D eigenvalue weighted by molar-refractivity contribution is -0.150. The maximum atomic E-state index is 11.3. The van der Waals surface area contributed by atoms with Gasteiger partial charge in [-0.05, 0) is 37.5 Å². The molecular weight excluding hydrogens is 268 g/mol. The molecule has 0 aromatic rings. The first-order chi connectivity index (χ1) is 9.56. The number of rotatable bonds is 3. The standard InChI is InChI=1S/C13H20O2.C4H6O2/c1-5-11(14)15-10-8-9-6-7-13(10,4)12(9,2)3;1-3(2)4(5)6/h5,9-10H,1,6-8H2,2-4H3;1H2,2H3,(H,5,6)/t9-,10-,13+;/m0./s1. The summed E-state index contributed by atoms with van der Waals surface area (Å²) >= 11 is 0. The molecule has 2 saturated carbocycles. The van der Waals surface area contributed by atoms with Crippen LogP contribution in [0.15, 0.2) is 24.8 Å². The minimum absolute atomic E-state index is 0.0942. The Balaban J connectivity index is 0.000000315. The fraction of sp³-hybridized carbons (Fsp3) is 0.647. The van der Waals surface area contributed by atoms with E-state index in [2.05, 4.69) is 33.9 Å². The largest absolute Gasteiger partial charge is 0.478 e. The number of esters is 1. The summed E-state index contributed by atoms with van der Waals surface area (Å²) in [5.41, 5.74) is 0.644. The van der Waals surface area contributed by atoms with Gasteiger partial charge in [0.1, 0.15) is 6.10 Å². The van der Waals surface area contributed by atoms with Crippen molar-refractivity contribution in [1.82, 2.24) is 0 Å². The summed E-state index contributed by atoms with van der Waals surface area (Å²) in [5, 5.41) is 7.89. The molecule has 1 N–H and O–H groups in total. The molecular formula is C17H26O4. The van der Waals surface area contributed by atoms with Crippen molar-refractivity contribution in [2.24, 2.45) is 16.7 Å². The molecule has 118 valence electrons. The molecule has 0 aliphatic heterocycles. The fourth-order valence-electron chi connectivity index (χ4n) is 3.50. The van der Waals surface area contributed by atoms with Crippen LogP contribution in [0.3, 0.4) is 0 Å². The molecule has 2 rings (SSSR count). The van der Waals surface area contributed by atoms with Gasteiger partial charge >= 0.3 is 11.9 Å². The average molecular weight is 294 g/mol. The van der Waals surface area contributed by atoms with Crippen LogP contribution in [0.5, 0.6) is 0 Å². The van der Waals surface area contributed by atoms with E-state index >= 15 is 0 Å². The molecule has 0 radical (unpaired) electrons. The van der Waals surface area contributed by atoms with Gasteiger partial charge in [0.15, 0.2) is 0 Å². The number of carbonyl (C=O) groups is 2. The topological polar surface area (TPSA) is 63.6 Å². The zero-order chi connectivity index (χ0) is 16.4. The maximum Gasteiger partial charge on any atom is 0.330 e. The Morgan fingerprint density at radius 2 is 1.86 bits per heavy atom. The second kappa shape index (κ2) is 6.04. The molecule has 4 heteroatoms. The van der Waals surface area contributed by atoms with E-state index in [1.54, 1.807) is 0 Å². The molecule has 0 saturated heterocycles. The number of carbonyl (C=O) groups excluding carboxylic acids is 1. The number of hydrogen-bond donors (Lipinski definition) is 1. The number of aliphatic carboxylic acids is 1. The molecule has 2 aliphatic carbocycles. The van der Waals surface area contributed by atoms with Crippen molar-refractivity contribution in [3.05, 3.63) is 24.8 Å². The predicted molar refractivity (Wildman–Crippen MR) is 81.8 cm³/mol. The van der Waals surface area contributed by atoms with Gasteiger partial charge in [-0.15, -0.1) is 0 Å². The Morgan fingerprint density at radius 3 is 2.14 bits per heavy atom. The first-order valence-electron chi connectivity index (χ1n) is 7.28. The SMILES string of the molecule is C=C(C)C(=O)O.C=CC(=O)O[C@H]1C[C@@H]2CC[C@@]1(C)C2(C)C. The van der Waals surface area contributed by atoms with Crippen molar-refractivity contribution in [2.75, 3.05) is 0 Å². The van der Waals surface area contributed by atoms with Crippen LogP contribution >= 0.6 is 0 Å². The van der Waals surface area contributed by atoms with Gasteiger partial charge in [-0.25, -0.2) is 9.59 Å². The number of carboxylic acids is 1. The van der Waals surface area contributed by atoms with Crippen molar-refractivity contribution in [2.45, 2.75) is 53.1 Å². The van der Waals surface area contributed by atoms with Crippen LogP contribution in [0.2, 0.25) is 0 Å². The van der Waals surface area contributed by atoms with Crippen molar-refractivity contribution in [3.8, 4) is 0 Å². The molecule has 2 bridgehead atoms. The molecule has 0 amide bonds. The summed E-state index contributed by atoms with van der Waals surface area (Å²) in [6.45, 7) is 14.9. The molecule has 2 aliphatic rings. The Morgan fingerprint density at radius 1 is 1.33 bits per heavy atom. The second-order valence-corrected chi connectivity index (χ2v) is 6.83. The van der Waals surface area contributed by atoms with E-state index in [9.17, 15) is 9.59 Å². The highest BCUT2D eigenvalue weighted by Crippen LogP contribution is 2.66. The molecule has 0 aromatic carbocycles. The first kappa shape index (κ1) is 17.5. The minimum atomic E-state index is -0.935. The van der Waals surface area contributed by atoms with E-state index in [0.717, 1.165) is 6.42 Å². The summed E-state index contributed by atoms with van der Waals surface area (Å²) in [5.74, 6) is -0.496. The number of hydrogen-bond acceptors (Lipinski definition) is 3. The summed E-state index contributed by atoms with van der Waals surface area (Å²) in [4.78, 5) is 20.9. The van der Waals surface area contributed by atoms with Gasteiger partial charge < -0.3 is 9.84 Å². The van der Waals surface area contributed by atoms with Gasteiger partial charge in [-0.3, -0.25) is 0 Å². The van der Waals surface area contributed by atoms with Gasteiger partial charge in [0, 0.05) is 17.1 Å². The third-order valence-corrected chi connectivity index (χ3v) is 5.50. The van der Waals surface area contributed by atoms with Crippen molar-refractivity contribution in [3.63, 3.8) is 0 Å². The maximum absolute atomic E-state index is 11.3. The van der Waals surface area contributed by atoms with Crippen molar-refractivity contribution < 1.29 is 19.4 Å². The lowest BCUT2D eigenvalue weighted by Gasteiger charge is -2.38. The molecule has 0 aromatic heterocycles. The molecule has 0 spiro atoms. The van der Waals surface area contributed by atoms with E-state index in [1.165, 1.54) is 25.8 Å². The number of fused-ring (bicyclic) bond motifs is 2. The first-order valence-corrected chi connectivity index (χ1v) is 7.28. The van der Waals surface area contributed by atoms with Crippen LogP contribution in [0.4, 0.5) is 0 Å². The Hall–Kier alpha value is -1.58. The van der Waals surface area contributed by atoms with Crippen LogP contribution < -0.4 is 0 Å². The normalized spacial score (nSPS) is 31.8. The van der Waals surface area contributed by atoms with Crippen LogP contribution in [0.25, 0.3) is 0 Å². The highest BCUT2D eigenvalue weighted by Gasteiger charge is 2.62. The molecule has 4 nitrogen and oxygen atoms in total.